The molecule has 0 aliphatic carbocycles. The van der Waals surface area contributed by atoms with Gasteiger partial charge in [-0.1, -0.05) is 18.1 Å². The van der Waals surface area contributed by atoms with Gasteiger partial charge in [0.05, 0.1) is 42.3 Å². The standard InChI is InChI=1S/C21H19N5O7S.C15H13N3O4.C6H7IN2O3S/c1-32-14-4-2-11-9-26(18(27)15(11)8-14)10-21(19(28)23-20(29)24-21)17-7-12-6-13(25-34(22,30)31)3-5-16(12)33-17;1-3-15(13(20)16-14(21)17-15)8-18-7-9-4-5-10(22-2)6-11(9)12(18)19;7-5-3-4(1-2-6(5)10)9-13(8,11)12/h2-8,25H,9-10H2,1H3,(H2,22,30,31)(H2,23,24,28,29);1,4-6H,7-8H2,2H3,(H2,16,17,20,21);1-3,9-10H,(H2,8,11,12)/t21-;15-;/m01./s1. The number of phenolic OH excluding ortho intramolecular Hbond substituents is 1. The van der Waals surface area contributed by atoms with E-state index in [1.165, 1.54) is 66.5 Å². The number of fused-ring (bicyclic) bond motifs is 3. The summed E-state index contributed by atoms with van der Waals surface area (Å²) >= 11 is 1.88. The number of nitrogens with one attached hydrogen (secondary N) is 6. The number of aromatic hydroxyl groups is 1. The minimum absolute atomic E-state index is 0.0833. The second-order valence-electron chi connectivity index (χ2n) is 15.5. The summed E-state index contributed by atoms with van der Waals surface area (Å²) in [6.07, 6.45) is 5.41. The number of carbonyl (C=O) groups is 6. The number of methoxy groups -OCH3 is 2. The molecule has 0 bridgehead atoms. The number of ether oxygens (including phenoxy) is 2. The van der Waals surface area contributed by atoms with Crippen molar-refractivity contribution in [3.05, 3.63) is 110 Å². The van der Waals surface area contributed by atoms with Gasteiger partial charge in [-0.2, -0.15) is 16.8 Å². The Hall–Kier alpha value is -7.65. The Morgan fingerprint density at radius 2 is 1.26 bits per heavy atom. The molecular weight excluding hydrogens is 1060 g/mol. The van der Waals surface area contributed by atoms with E-state index in [1.807, 2.05) is 22.6 Å². The molecule has 0 spiro atoms. The predicted octanol–water partition coefficient (Wildman–Crippen LogP) is 1.22. The summed E-state index contributed by atoms with van der Waals surface area (Å²) in [6, 6.07) is 19.1. The number of halogens is 1. The number of nitrogens with zero attached hydrogens (tertiary/aromatic N) is 2. The van der Waals surface area contributed by atoms with Crippen LogP contribution in [0.15, 0.2) is 83.3 Å². The summed E-state index contributed by atoms with van der Waals surface area (Å²) in [6.45, 7) is 0.274. The highest BCUT2D eigenvalue weighted by Crippen LogP contribution is 2.36. The molecule has 1 aromatic heterocycles. The van der Waals surface area contributed by atoms with Crippen LogP contribution >= 0.6 is 22.6 Å². The predicted molar refractivity (Wildman–Crippen MR) is 253 cm³/mol. The van der Waals surface area contributed by atoms with Gasteiger partial charge in [0.25, 0.3) is 44.0 Å². The van der Waals surface area contributed by atoms with Gasteiger partial charge in [-0.25, -0.2) is 19.9 Å². The van der Waals surface area contributed by atoms with E-state index in [0.29, 0.717) is 49.4 Å². The van der Waals surface area contributed by atoms with Crippen LogP contribution in [0, 0.1) is 15.9 Å². The number of rotatable bonds is 11. The lowest BCUT2D eigenvalue weighted by Gasteiger charge is -2.29. The summed E-state index contributed by atoms with van der Waals surface area (Å²) in [7, 11) is -4.72. The summed E-state index contributed by atoms with van der Waals surface area (Å²) in [4.78, 5) is 76.8. The number of furan rings is 1. The number of phenols is 1. The van der Waals surface area contributed by atoms with E-state index in [4.69, 9.17) is 35.7 Å². The van der Waals surface area contributed by atoms with Crippen molar-refractivity contribution in [1.29, 1.82) is 0 Å². The summed E-state index contributed by atoms with van der Waals surface area (Å²) in [5.74, 6) is 1.70. The molecule has 69 heavy (non-hydrogen) atoms. The molecule has 9 rings (SSSR count). The van der Waals surface area contributed by atoms with Crippen molar-refractivity contribution in [3.63, 3.8) is 0 Å². The average Bonchev–Trinajstić information content (AvgIpc) is 4.07. The maximum Gasteiger partial charge on any atom is 0.323 e. The molecule has 5 aromatic rings. The zero-order valence-electron chi connectivity index (χ0n) is 35.9. The molecule has 11 N–H and O–H groups in total. The molecule has 0 saturated carbocycles. The summed E-state index contributed by atoms with van der Waals surface area (Å²) < 4.78 is 64.8. The maximum atomic E-state index is 13.1. The topological polar surface area (TPSA) is 353 Å². The van der Waals surface area contributed by atoms with Gasteiger partial charge < -0.3 is 39.4 Å². The van der Waals surface area contributed by atoms with Crippen LogP contribution in [-0.2, 0) is 48.6 Å². The van der Waals surface area contributed by atoms with Crippen molar-refractivity contribution in [1.82, 2.24) is 31.1 Å². The van der Waals surface area contributed by atoms with Crippen molar-refractivity contribution in [2.75, 3.05) is 36.8 Å². The van der Waals surface area contributed by atoms with Crippen LogP contribution in [0.25, 0.3) is 11.0 Å². The van der Waals surface area contributed by atoms with Gasteiger partial charge in [-0.15, -0.1) is 6.42 Å². The van der Waals surface area contributed by atoms with Crippen LogP contribution < -0.4 is 50.5 Å². The van der Waals surface area contributed by atoms with Crippen LogP contribution in [0.3, 0.4) is 0 Å². The van der Waals surface area contributed by atoms with Crippen LogP contribution in [-0.4, -0.2) is 100 Å². The minimum atomic E-state index is -3.99. The normalized spacial score (nSPS) is 19.2. The third-order valence-electron chi connectivity index (χ3n) is 10.8. The van der Waals surface area contributed by atoms with Gasteiger partial charge in [0.2, 0.25) is 0 Å². The Balaban J connectivity index is 0.000000171. The number of nitrogens with two attached hydrogens (primary N) is 2. The Bertz CT molecular complexity index is 3270. The highest BCUT2D eigenvalue weighted by molar-refractivity contribution is 14.1. The Morgan fingerprint density at radius 3 is 1.74 bits per heavy atom. The van der Waals surface area contributed by atoms with E-state index in [0.717, 1.165) is 11.1 Å². The molecule has 24 nitrogen and oxygen atoms in total. The van der Waals surface area contributed by atoms with Crippen LogP contribution in [0.4, 0.5) is 21.0 Å². The summed E-state index contributed by atoms with van der Waals surface area (Å²) in [5, 5.41) is 28.7. The molecule has 4 aliphatic rings. The minimum Gasteiger partial charge on any atom is -0.507 e. The van der Waals surface area contributed by atoms with E-state index in [-0.39, 0.29) is 48.6 Å². The highest BCUT2D eigenvalue weighted by Gasteiger charge is 2.53. The molecular formula is C42H39IN10O14S2. The van der Waals surface area contributed by atoms with E-state index >= 15 is 0 Å². The first-order valence-electron chi connectivity index (χ1n) is 19.8. The number of hydrogen-bond acceptors (Lipinski definition) is 14. The first-order valence-corrected chi connectivity index (χ1v) is 23.9. The Labute approximate surface area is 405 Å². The lowest BCUT2D eigenvalue weighted by molar-refractivity contribution is -0.125. The molecule has 0 radical (unpaired) electrons. The molecule has 5 heterocycles. The fourth-order valence-corrected chi connectivity index (χ4v) is 9.01. The number of terminal acetylenes is 1. The fraction of sp³-hybridized carbons (Fsp3) is 0.190. The third-order valence-corrected chi connectivity index (χ3v) is 12.7. The largest absolute Gasteiger partial charge is 0.507 e. The van der Waals surface area contributed by atoms with Gasteiger partial charge in [-0.05, 0) is 100 Å². The Morgan fingerprint density at radius 1 is 0.739 bits per heavy atom. The van der Waals surface area contributed by atoms with Crippen molar-refractivity contribution in [2.45, 2.75) is 24.2 Å². The number of urea groups is 2. The summed E-state index contributed by atoms with van der Waals surface area (Å²) in [5.41, 5.74) is 0.171. The number of imide groups is 2. The van der Waals surface area contributed by atoms with Crippen molar-refractivity contribution in [2.24, 2.45) is 10.3 Å². The fourth-order valence-electron chi connectivity index (χ4n) is 7.58. The molecule has 0 unspecified atom stereocenters. The van der Waals surface area contributed by atoms with E-state index in [9.17, 15) is 45.6 Å². The zero-order valence-corrected chi connectivity index (χ0v) is 39.7. The smallest absolute Gasteiger partial charge is 0.323 e. The van der Waals surface area contributed by atoms with Gasteiger partial charge in [0.1, 0.15) is 28.6 Å². The number of amides is 8. The van der Waals surface area contributed by atoms with E-state index in [1.54, 1.807) is 36.4 Å². The first-order chi connectivity index (χ1) is 32.4. The molecule has 2 saturated heterocycles. The van der Waals surface area contributed by atoms with Crippen LogP contribution in [0.2, 0.25) is 0 Å². The second kappa shape index (κ2) is 18.8. The van der Waals surface area contributed by atoms with Crippen molar-refractivity contribution in [3.8, 4) is 29.6 Å². The van der Waals surface area contributed by atoms with E-state index < -0.39 is 55.4 Å². The van der Waals surface area contributed by atoms with Crippen LogP contribution in [0.5, 0.6) is 17.2 Å². The number of anilines is 2. The molecule has 360 valence electrons. The average molecular weight is 1100 g/mol. The number of benzene rings is 4. The number of hydrogen-bond donors (Lipinski definition) is 9. The van der Waals surface area contributed by atoms with Gasteiger partial charge in [0.15, 0.2) is 11.1 Å². The second-order valence-corrected chi connectivity index (χ2v) is 19.2. The maximum absolute atomic E-state index is 13.1. The SMILES string of the molecule is C#C[C@]1(CN2Cc3ccc(OC)cc3C2=O)NC(=O)NC1=O.COc1ccc2c(c1)C(=O)N(C[C@@]1(c3cc4cc(NS(N)(=O)=O)ccc4o3)NC(=O)NC1=O)C2.NS(=O)(=O)Nc1ccc(O)c(I)c1. The number of carbonyl (C=O) groups excluding carboxylic acids is 6. The first kappa shape index (κ1) is 49.3. The molecule has 8 amide bonds. The Kier molecular flexibility index (Phi) is 13.4. The molecule has 2 atom stereocenters. The molecule has 2 fully saturated rings. The van der Waals surface area contributed by atoms with Crippen molar-refractivity contribution >= 4 is 101 Å². The molecule has 4 aliphatic heterocycles. The highest BCUT2D eigenvalue weighted by atomic mass is 127. The lowest BCUT2D eigenvalue weighted by Crippen LogP contribution is -2.54. The zero-order chi connectivity index (χ0) is 50.2. The van der Waals surface area contributed by atoms with Crippen LogP contribution in [0.1, 0.15) is 37.6 Å². The van der Waals surface area contributed by atoms with E-state index in [2.05, 4.69) is 36.6 Å². The lowest BCUT2D eigenvalue weighted by atomic mass is 9.95. The quantitative estimate of drug-likeness (QED) is 0.0389. The monoisotopic (exact) mass is 1100 g/mol. The van der Waals surface area contributed by atoms with Gasteiger partial charge >= 0.3 is 12.1 Å². The molecule has 4 aromatic carbocycles. The van der Waals surface area contributed by atoms with Gasteiger partial charge in [-0.3, -0.25) is 39.3 Å². The van der Waals surface area contributed by atoms with Gasteiger partial charge in [0, 0.05) is 29.6 Å². The third kappa shape index (κ3) is 10.6. The van der Waals surface area contributed by atoms with Crippen molar-refractivity contribution < 1.29 is 64.6 Å². The molecule has 27 heteroatoms.